The van der Waals surface area contributed by atoms with Gasteiger partial charge < -0.3 is 30.6 Å². The lowest BCUT2D eigenvalue weighted by Crippen LogP contribution is -2.34. The second-order valence-electron chi connectivity index (χ2n) is 11.9. The Morgan fingerprint density at radius 3 is 2.40 bits per heavy atom. The van der Waals surface area contributed by atoms with Gasteiger partial charge in [-0.2, -0.15) is 0 Å². The highest BCUT2D eigenvalue weighted by atomic mass is 16.5. The predicted molar refractivity (Wildman–Crippen MR) is 164 cm³/mol. The molecule has 4 N–H and O–H groups in total. The van der Waals surface area contributed by atoms with Gasteiger partial charge in [-0.25, -0.2) is 0 Å². The Morgan fingerprint density at radius 1 is 1.05 bits per heavy atom. The van der Waals surface area contributed by atoms with E-state index >= 15 is 0 Å². The highest BCUT2D eigenvalue weighted by Crippen LogP contribution is 2.38. The predicted octanol–water partition coefficient (Wildman–Crippen LogP) is 5.50. The molecule has 222 valence electrons. The Hall–Kier alpha value is -3.75. The summed E-state index contributed by atoms with van der Waals surface area (Å²) >= 11 is 0. The second-order valence-corrected chi connectivity index (χ2v) is 11.9. The number of rotatable bonds is 10. The van der Waals surface area contributed by atoms with Gasteiger partial charge in [0, 0.05) is 47.4 Å². The van der Waals surface area contributed by atoms with Crippen LogP contribution in [0.3, 0.4) is 0 Å². The summed E-state index contributed by atoms with van der Waals surface area (Å²) in [5, 5.41) is 31.7. The van der Waals surface area contributed by atoms with Gasteiger partial charge >= 0.3 is 0 Å². The maximum absolute atomic E-state index is 13.3. The maximum atomic E-state index is 13.3. The van der Waals surface area contributed by atoms with Crippen molar-refractivity contribution in [2.45, 2.75) is 70.5 Å². The van der Waals surface area contributed by atoms with Crippen LogP contribution < -0.4 is 10.2 Å². The molecular weight excluding hydrogens is 530 g/mol. The molecule has 1 heterocycles. The smallest absolute Gasteiger partial charge is 0.254 e. The van der Waals surface area contributed by atoms with Gasteiger partial charge in [-0.1, -0.05) is 36.9 Å². The number of nitrogens with one attached hydrogen (secondary N) is 2. The molecule has 2 aromatic rings. The summed E-state index contributed by atoms with van der Waals surface area (Å²) in [6.07, 6.45) is 3.96. The van der Waals surface area contributed by atoms with Crippen molar-refractivity contribution in [1.29, 1.82) is 5.41 Å². The minimum Gasteiger partial charge on any atom is -0.469 e. The van der Waals surface area contributed by atoms with Crippen LogP contribution in [-0.4, -0.2) is 52.9 Å². The van der Waals surface area contributed by atoms with Crippen molar-refractivity contribution in [3.05, 3.63) is 83.3 Å². The van der Waals surface area contributed by atoms with E-state index in [1.165, 1.54) is 17.5 Å². The number of para-hydroxylation sites is 1. The van der Waals surface area contributed by atoms with Crippen LogP contribution in [0.1, 0.15) is 72.9 Å². The zero-order chi connectivity index (χ0) is 30.0. The number of anilines is 2. The largest absolute Gasteiger partial charge is 0.469 e. The van der Waals surface area contributed by atoms with Crippen molar-refractivity contribution in [3.8, 4) is 0 Å². The topological polar surface area (TPSA) is 123 Å². The molecule has 2 saturated carbocycles. The van der Waals surface area contributed by atoms with Gasteiger partial charge in [0.15, 0.2) is 0 Å². The van der Waals surface area contributed by atoms with Gasteiger partial charge in [0.1, 0.15) is 0 Å². The van der Waals surface area contributed by atoms with Crippen LogP contribution in [0.25, 0.3) is 0 Å². The lowest BCUT2D eigenvalue weighted by atomic mass is 9.86. The van der Waals surface area contributed by atoms with Crippen molar-refractivity contribution >= 4 is 28.8 Å². The molecule has 0 aromatic heterocycles. The fraction of sp³-hybridized carbons (Fsp3) is 0.441. The molecule has 0 radical (unpaired) electrons. The van der Waals surface area contributed by atoms with Crippen LogP contribution >= 0.6 is 0 Å². The van der Waals surface area contributed by atoms with Gasteiger partial charge in [0.25, 0.3) is 5.91 Å². The van der Waals surface area contributed by atoms with E-state index < -0.39 is 23.9 Å². The van der Waals surface area contributed by atoms with Crippen molar-refractivity contribution < 1.29 is 24.5 Å². The first-order valence-electron chi connectivity index (χ1n) is 14.9. The molecule has 8 heteroatoms. The molecule has 0 bridgehead atoms. The number of carbonyl (C=O) groups is 2. The van der Waals surface area contributed by atoms with E-state index in [1.807, 2.05) is 12.1 Å². The number of carbonyl (C=O) groups excluding carboxylic acids is 2. The van der Waals surface area contributed by atoms with E-state index in [0.717, 1.165) is 44.3 Å². The van der Waals surface area contributed by atoms with E-state index in [1.54, 1.807) is 19.1 Å². The van der Waals surface area contributed by atoms with Crippen molar-refractivity contribution in [2.75, 3.05) is 23.3 Å². The first kappa shape index (κ1) is 29.7. The van der Waals surface area contributed by atoms with Crippen molar-refractivity contribution in [1.82, 2.24) is 0 Å². The average Bonchev–Trinajstić information content (AvgIpc) is 3.80. The Bertz CT molecular complexity index is 1400. The van der Waals surface area contributed by atoms with Gasteiger partial charge in [-0.15, -0.1) is 0 Å². The summed E-state index contributed by atoms with van der Waals surface area (Å²) in [5.41, 5.74) is 4.38. The van der Waals surface area contributed by atoms with Gasteiger partial charge in [0.05, 0.1) is 29.9 Å². The number of amides is 1. The number of hydrogen-bond acceptors (Lipinski definition) is 7. The summed E-state index contributed by atoms with van der Waals surface area (Å²) in [5.74, 6) is -0.378. The molecule has 1 aliphatic heterocycles. The molecule has 2 aliphatic carbocycles. The fourth-order valence-electron chi connectivity index (χ4n) is 6.05. The standard InChI is InChI=1S/C34H41N3O5/c1-20-6-4-5-7-29(20)37-16-14-24(15-17-37)26-11-10-25(32(39)31(35)27-12-13-30(38)33(27)40)18-28(26)36-34(41)21(2)19-42-22(3)23-8-9-23/h4-7,10-11,18-19,23-24,27,30,33,35,38,40H,3,8-9,12-17H2,1-2H3,(H,36,41). The Morgan fingerprint density at radius 2 is 1.76 bits per heavy atom. The zero-order valence-electron chi connectivity index (χ0n) is 24.4. The molecule has 3 unspecified atom stereocenters. The molecular formula is C34H41N3O5. The lowest BCUT2D eigenvalue weighted by Gasteiger charge is -2.35. The Kier molecular flexibility index (Phi) is 8.94. The number of Topliss-reactive ketones (excluding diaryl/α,β-unsaturated/α-hetero) is 1. The second kappa shape index (κ2) is 12.6. The molecule has 1 amide bonds. The minimum absolute atomic E-state index is 0.172. The SMILES string of the molecule is C=C(OC=C(C)C(=O)Nc1cc(C(=O)C(=N)C2CCC(O)C2O)ccc1C1CCN(c2ccccc2C)CC1)C1CC1. The van der Waals surface area contributed by atoms with Gasteiger partial charge in [-0.05, 0) is 81.5 Å². The fourth-order valence-corrected chi connectivity index (χ4v) is 6.05. The number of aliphatic hydroxyl groups is 2. The van der Waals surface area contributed by atoms with E-state index in [2.05, 4.69) is 41.9 Å². The lowest BCUT2D eigenvalue weighted by molar-refractivity contribution is -0.112. The highest BCUT2D eigenvalue weighted by Gasteiger charge is 2.38. The number of hydrogen-bond donors (Lipinski definition) is 4. The number of ether oxygens (including phenoxy) is 1. The van der Waals surface area contributed by atoms with E-state index in [0.29, 0.717) is 35.8 Å². The number of nitrogens with zero attached hydrogens (tertiary/aromatic N) is 1. The molecule has 42 heavy (non-hydrogen) atoms. The summed E-state index contributed by atoms with van der Waals surface area (Å²) < 4.78 is 5.62. The number of benzene rings is 2. The third-order valence-electron chi connectivity index (χ3n) is 8.93. The van der Waals surface area contributed by atoms with E-state index in [9.17, 15) is 19.8 Å². The van der Waals surface area contributed by atoms with E-state index in [4.69, 9.17) is 10.1 Å². The quantitative estimate of drug-likeness (QED) is 0.129. The van der Waals surface area contributed by atoms with Crippen molar-refractivity contribution in [2.24, 2.45) is 11.8 Å². The maximum Gasteiger partial charge on any atom is 0.254 e. The van der Waals surface area contributed by atoms with Crippen LogP contribution in [0, 0.1) is 24.2 Å². The van der Waals surface area contributed by atoms with Crippen LogP contribution in [0.5, 0.6) is 0 Å². The van der Waals surface area contributed by atoms with Crippen LogP contribution in [0.15, 0.2) is 66.6 Å². The molecule has 2 aromatic carbocycles. The summed E-state index contributed by atoms with van der Waals surface area (Å²) in [7, 11) is 0. The molecule has 3 fully saturated rings. The highest BCUT2D eigenvalue weighted by molar-refractivity contribution is 6.45. The Balaban J connectivity index is 1.36. The van der Waals surface area contributed by atoms with Gasteiger partial charge in [0.2, 0.25) is 5.78 Å². The summed E-state index contributed by atoms with van der Waals surface area (Å²) in [6, 6.07) is 13.6. The third-order valence-corrected chi connectivity index (χ3v) is 8.93. The summed E-state index contributed by atoms with van der Waals surface area (Å²) in [6.45, 7) is 9.46. The molecule has 0 spiro atoms. The number of aryl methyl sites for hydroxylation is 1. The molecule has 3 atom stereocenters. The molecule has 5 rings (SSSR count). The van der Waals surface area contributed by atoms with Gasteiger partial charge in [-0.3, -0.25) is 9.59 Å². The molecule has 1 saturated heterocycles. The normalized spacial score (nSPS) is 23.0. The average molecular weight is 572 g/mol. The van der Waals surface area contributed by atoms with E-state index in [-0.39, 0.29) is 23.1 Å². The zero-order valence-corrected chi connectivity index (χ0v) is 24.4. The number of ketones is 1. The van der Waals surface area contributed by atoms with Crippen molar-refractivity contribution in [3.63, 3.8) is 0 Å². The number of aliphatic hydroxyl groups excluding tert-OH is 2. The summed E-state index contributed by atoms with van der Waals surface area (Å²) in [4.78, 5) is 29.0. The first-order valence-corrected chi connectivity index (χ1v) is 14.9. The molecule has 3 aliphatic rings. The minimum atomic E-state index is -1.13. The monoisotopic (exact) mass is 571 g/mol. The third kappa shape index (κ3) is 6.50. The van der Waals surface area contributed by atoms with Crippen LogP contribution in [0.2, 0.25) is 0 Å². The Labute approximate surface area is 247 Å². The first-order chi connectivity index (χ1) is 20.1. The number of allylic oxidation sites excluding steroid dienone is 1. The number of piperidine rings is 1. The molecule has 8 nitrogen and oxygen atoms in total. The van der Waals surface area contributed by atoms with Crippen LogP contribution in [0.4, 0.5) is 11.4 Å². The van der Waals surface area contributed by atoms with Crippen LogP contribution in [-0.2, 0) is 9.53 Å².